The van der Waals surface area contributed by atoms with Crippen molar-refractivity contribution in [2.24, 2.45) is 5.92 Å². The molecule has 1 spiro atoms. The van der Waals surface area contributed by atoms with Crippen LogP contribution in [-0.2, 0) is 31.3 Å². The van der Waals surface area contributed by atoms with Crippen molar-refractivity contribution in [2.45, 2.75) is 56.9 Å². The lowest BCUT2D eigenvalue weighted by Crippen LogP contribution is -2.44. The van der Waals surface area contributed by atoms with Crippen LogP contribution in [0.15, 0.2) is 72.8 Å². The number of anilines is 3. The van der Waals surface area contributed by atoms with E-state index >= 15 is 0 Å². The number of likely N-dealkylation sites (tertiary alicyclic amines) is 1. The molecule has 9 heteroatoms. The van der Waals surface area contributed by atoms with E-state index in [-0.39, 0.29) is 55.4 Å². The van der Waals surface area contributed by atoms with Crippen LogP contribution in [0.2, 0.25) is 0 Å². The molecule has 3 amide bonds. The first kappa shape index (κ1) is 27.6. The van der Waals surface area contributed by atoms with Crippen molar-refractivity contribution >= 4 is 34.8 Å². The lowest BCUT2D eigenvalue weighted by Gasteiger charge is -2.30. The predicted octanol–water partition coefficient (Wildman–Crippen LogP) is 4.28. The first-order valence-corrected chi connectivity index (χ1v) is 15.0. The number of fused-ring (bicyclic) bond motifs is 3. The molecular formula is C34H35N3O6. The van der Waals surface area contributed by atoms with E-state index in [4.69, 9.17) is 9.47 Å². The molecule has 4 heterocycles. The molecule has 0 aliphatic carbocycles. The highest BCUT2D eigenvalue weighted by molar-refractivity contribution is 6.07. The van der Waals surface area contributed by atoms with Crippen LogP contribution >= 0.6 is 0 Å². The predicted molar refractivity (Wildman–Crippen MR) is 160 cm³/mol. The minimum atomic E-state index is -1.15. The molecule has 0 saturated carbocycles. The SMILES string of the molecule is C[C@H]1C[C@@H](CC(=O)N2CCC[C@H]2CO)O[C@]12C(=O)N(Cc1ccc(N3C(=O)COc4ccccc43)cc1)c1ccccc12. The molecule has 4 atom stereocenters. The van der Waals surface area contributed by atoms with Crippen LogP contribution in [0.25, 0.3) is 0 Å². The van der Waals surface area contributed by atoms with Gasteiger partial charge < -0.3 is 24.4 Å². The van der Waals surface area contributed by atoms with Gasteiger partial charge in [0.2, 0.25) is 5.91 Å². The van der Waals surface area contributed by atoms with Crippen LogP contribution in [0.5, 0.6) is 5.75 Å². The summed E-state index contributed by atoms with van der Waals surface area (Å²) >= 11 is 0. The van der Waals surface area contributed by atoms with Crippen LogP contribution in [0.3, 0.4) is 0 Å². The minimum absolute atomic E-state index is 0.0231. The van der Waals surface area contributed by atoms with Crippen molar-refractivity contribution in [1.29, 1.82) is 0 Å². The fourth-order valence-electron chi connectivity index (χ4n) is 7.29. The van der Waals surface area contributed by atoms with E-state index in [9.17, 15) is 19.5 Å². The molecule has 0 unspecified atom stereocenters. The molecule has 3 aromatic rings. The zero-order valence-electron chi connectivity index (χ0n) is 24.1. The minimum Gasteiger partial charge on any atom is -0.482 e. The maximum atomic E-state index is 14.3. The molecule has 4 aliphatic rings. The van der Waals surface area contributed by atoms with E-state index in [0.29, 0.717) is 30.9 Å². The molecule has 0 aromatic heterocycles. The molecule has 2 fully saturated rings. The van der Waals surface area contributed by atoms with E-state index in [2.05, 4.69) is 0 Å². The van der Waals surface area contributed by atoms with Crippen molar-refractivity contribution in [3.8, 4) is 5.75 Å². The quantitative estimate of drug-likeness (QED) is 0.467. The Hall–Kier alpha value is -4.21. The number of aliphatic hydroxyl groups excluding tert-OH is 1. The second-order valence-corrected chi connectivity index (χ2v) is 11.9. The number of amides is 3. The molecule has 4 aliphatic heterocycles. The molecular weight excluding hydrogens is 546 g/mol. The number of nitrogens with zero attached hydrogens (tertiary/aromatic N) is 3. The van der Waals surface area contributed by atoms with Crippen LogP contribution < -0.4 is 14.5 Å². The molecule has 222 valence electrons. The molecule has 7 rings (SSSR count). The number of carbonyl (C=O) groups excluding carboxylic acids is 3. The number of para-hydroxylation sites is 3. The third kappa shape index (κ3) is 4.49. The number of hydrogen-bond acceptors (Lipinski definition) is 6. The van der Waals surface area contributed by atoms with E-state index in [1.165, 1.54) is 0 Å². The summed E-state index contributed by atoms with van der Waals surface area (Å²) in [4.78, 5) is 45.4. The largest absolute Gasteiger partial charge is 0.482 e. The van der Waals surface area contributed by atoms with Crippen LogP contribution in [0, 0.1) is 5.92 Å². The van der Waals surface area contributed by atoms with Gasteiger partial charge >= 0.3 is 0 Å². The zero-order valence-corrected chi connectivity index (χ0v) is 24.1. The van der Waals surface area contributed by atoms with Crippen molar-refractivity contribution < 1.29 is 29.0 Å². The van der Waals surface area contributed by atoms with E-state index in [1.54, 1.807) is 14.7 Å². The summed E-state index contributed by atoms with van der Waals surface area (Å²) in [6.07, 6.45) is 2.11. The average Bonchev–Trinajstić information content (AvgIpc) is 3.70. The van der Waals surface area contributed by atoms with Crippen LogP contribution in [0.4, 0.5) is 17.1 Å². The third-order valence-electron chi connectivity index (χ3n) is 9.37. The lowest BCUT2D eigenvalue weighted by molar-refractivity contribution is -0.150. The lowest BCUT2D eigenvalue weighted by atomic mass is 9.83. The van der Waals surface area contributed by atoms with Crippen molar-refractivity contribution in [3.05, 3.63) is 83.9 Å². The van der Waals surface area contributed by atoms with Gasteiger partial charge in [-0.2, -0.15) is 0 Å². The number of carbonyl (C=O) groups is 3. The Labute approximate surface area is 250 Å². The Kier molecular flexibility index (Phi) is 6.94. The molecule has 2 saturated heterocycles. The Morgan fingerprint density at radius 2 is 1.74 bits per heavy atom. The Bertz CT molecular complexity index is 1570. The second kappa shape index (κ2) is 10.8. The smallest absolute Gasteiger partial charge is 0.269 e. The van der Waals surface area contributed by atoms with Gasteiger partial charge in [-0.1, -0.05) is 49.4 Å². The van der Waals surface area contributed by atoms with Gasteiger partial charge in [-0.25, -0.2) is 0 Å². The topological polar surface area (TPSA) is 99.6 Å². The average molecular weight is 582 g/mol. The maximum absolute atomic E-state index is 14.3. The fraction of sp³-hybridized carbons (Fsp3) is 0.382. The summed E-state index contributed by atoms with van der Waals surface area (Å²) in [5, 5.41) is 9.68. The van der Waals surface area contributed by atoms with Gasteiger partial charge in [0.1, 0.15) is 5.75 Å². The molecule has 3 aromatic carbocycles. The van der Waals surface area contributed by atoms with Gasteiger partial charge in [0.15, 0.2) is 12.2 Å². The summed E-state index contributed by atoms with van der Waals surface area (Å²) in [6, 6.07) is 22.8. The number of rotatable bonds is 6. The van der Waals surface area contributed by atoms with Crippen LogP contribution in [0.1, 0.15) is 43.7 Å². The van der Waals surface area contributed by atoms with Crippen molar-refractivity contribution in [3.63, 3.8) is 0 Å². The highest BCUT2D eigenvalue weighted by Crippen LogP contribution is 2.54. The highest BCUT2D eigenvalue weighted by atomic mass is 16.5. The summed E-state index contributed by atoms with van der Waals surface area (Å²) in [5.74, 6) is 0.254. The summed E-state index contributed by atoms with van der Waals surface area (Å²) in [6.45, 7) is 2.97. The third-order valence-corrected chi connectivity index (χ3v) is 9.37. The van der Waals surface area contributed by atoms with Gasteiger partial charge in [-0.05, 0) is 55.2 Å². The fourth-order valence-corrected chi connectivity index (χ4v) is 7.29. The monoisotopic (exact) mass is 581 g/mol. The number of aliphatic hydroxyl groups is 1. The van der Waals surface area contributed by atoms with E-state index in [0.717, 1.165) is 35.3 Å². The first-order chi connectivity index (χ1) is 20.9. The molecule has 9 nitrogen and oxygen atoms in total. The molecule has 43 heavy (non-hydrogen) atoms. The Balaban J connectivity index is 1.12. The highest BCUT2D eigenvalue weighted by Gasteiger charge is 2.60. The summed E-state index contributed by atoms with van der Waals surface area (Å²) in [5.41, 5.74) is 2.85. The normalized spacial score (nSPS) is 26.2. The Morgan fingerprint density at radius 1 is 1.00 bits per heavy atom. The van der Waals surface area contributed by atoms with Gasteiger partial charge in [0, 0.05) is 23.7 Å². The standard InChI is InChI=1S/C34H35N3O6/c1-22-17-26(18-31(39)35-16-6-7-25(35)20-38)43-34(22)27-8-2-3-9-28(27)36(33(34)41)19-23-12-14-24(15-13-23)37-29-10-4-5-11-30(29)42-21-32(37)40/h2-5,8-15,22,25-26,38H,6-7,16-21H2,1H3/t22-,25-,26-,34+/m0/s1. The van der Waals surface area contributed by atoms with Gasteiger partial charge in [-0.15, -0.1) is 0 Å². The van der Waals surface area contributed by atoms with Gasteiger partial charge in [0.25, 0.3) is 11.8 Å². The van der Waals surface area contributed by atoms with E-state index < -0.39 is 5.60 Å². The number of ether oxygens (including phenoxy) is 2. The number of hydrogen-bond donors (Lipinski definition) is 1. The molecule has 1 N–H and O–H groups in total. The Morgan fingerprint density at radius 3 is 2.53 bits per heavy atom. The summed E-state index contributed by atoms with van der Waals surface area (Å²) in [7, 11) is 0. The van der Waals surface area contributed by atoms with Gasteiger partial charge in [-0.3, -0.25) is 19.3 Å². The number of benzene rings is 3. The van der Waals surface area contributed by atoms with Crippen molar-refractivity contribution in [2.75, 3.05) is 29.6 Å². The maximum Gasteiger partial charge on any atom is 0.269 e. The molecule has 0 bridgehead atoms. The summed E-state index contributed by atoms with van der Waals surface area (Å²) < 4.78 is 12.2. The zero-order chi connectivity index (χ0) is 29.7. The van der Waals surface area contributed by atoms with E-state index in [1.807, 2.05) is 79.7 Å². The molecule has 0 radical (unpaired) electrons. The second-order valence-electron chi connectivity index (χ2n) is 11.9. The van der Waals surface area contributed by atoms with Crippen LogP contribution in [-0.4, -0.2) is 59.6 Å². The van der Waals surface area contributed by atoms with Gasteiger partial charge in [0.05, 0.1) is 43.1 Å². The first-order valence-electron chi connectivity index (χ1n) is 15.0. The van der Waals surface area contributed by atoms with Crippen molar-refractivity contribution in [1.82, 2.24) is 4.90 Å².